The van der Waals surface area contributed by atoms with Gasteiger partial charge in [0.25, 0.3) is 0 Å². The maximum atomic E-state index is 3.66. The maximum absolute atomic E-state index is 3.66. The fourth-order valence-corrected chi connectivity index (χ4v) is 2.30. The van der Waals surface area contributed by atoms with E-state index in [0.717, 1.165) is 0 Å². The van der Waals surface area contributed by atoms with E-state index in [4.69, 9.17) is 0 Å². The Morgan fingerprint density at radius 2 is 2.00 bits per heavy atom. The smallest absolute Gasteiger partial charge is 0.0110 e. The molecule has 1 fully saturated rings. The van der Waals surface area contributed by atoms with E-state index in [1.807, 2.05) is 0 Å². The van der Waals surface area contributed by atoms with Crippen molar-refractivity contribution in [2.45, 2.75) is 44.7 Å². The Labute approximate surface area is 86.5 Å². The molecule has 14 heavy (non-hydrogen) atoms. The average Bonchev–Trinajstić information content (AvgIpc) is 2.19. The summed E-state index contributed by atoms with van der Waals surface area (Å²) in [5, 5.41) is 3.66. The van der Waals surface area contributed by atoms with Crippen molar-refractivity contribution in [2.24, 2.45) is 0 Å². The molecule has 1 saturated heterocycles. The molecule has 0 spiro atoms. The lowest BCUT2D eigenvalue weighted by Crippen LogP contribution is -2.41. The van der Waals surface area contributed by atoms with Gasteiger partial charge in [0.05, 0.1) is 0 Å². The van der Waals surface area contributed by atoms with Crippen LogP contribution in [0.5, 0.6) is 0 Å². The summed E-state index contributed by atoms with van der Waals surface area (Å²) in [5.41, 5.74) is 1.46. The van der Waals surface area contributed by atoms with E-state index < -0.39 is 0 Å². The minimum Gasteiger partial charge on any atom is -0.311 e. The molecule has 1 N–H and O–H groups in total. The van der Waals surface area contributed by atoms with Crippen molar-refractivity contribution in [3.8, 4) is 0 Å². The van der Waals surface area contributed by atoms with Gasteiger partial charge in [-0.25, -0.2) is 0 Å². The quantitative estimate of drug-likeness (QED) is 0.754. The van der Waals surface area contributed by atoms with Crippen molar-refractivity contribution < 1.29 is 0 Å². The molecule has 1 aliphatic rings. The third-order valence-electron chi connectivity index (χ3n) is 3.03. The van der Waals surface area contributed by atoms with Crippen LogP contribution in [0, 0.1) is 0 Å². The van der Waals surface area contributed by atoms with Crippen molar-refractivity contribution in [3.05, 3.63) is 35.9 Å². The van der Waals surface area contributed by atoms with Gasteiger partial charge in [0.1, 0.15) is 0 Å². The molecule has 1 aromatic rings. The number of hydrogen-bond donors (Lipinski definition) is 1. The molecule has 1 aliphatic heterocycles. The Morgan fingerprint density at radius 3 is 2.71 bits per heavy atom. The summed E-state index contributed by atoms with van der Waals surface area (Å²) in [4.78, 5) is 0. The number of rotatable bonds is 2. The molecule has 2 rings (SSSR count). The van der Waals surface area contributed by atoms with E-state index >= 15 is 0 Å². The number of hydrogen-bond acceptors (Lipinski definition) is 1. The Kier molecular flexibility index (Phi) is 3.20. The highest BCUT2D eigenvalue weighted by Gasteiger charge is 2.17. The molecule has 76 valence electrons. The van der Waals surface area contributed by atoms with Gasteiger partial charge >= 0.3 is 0 Å². The minimum atomic E-state index is 0.696. The topological polar surface area (TPSA) is 12.0 Å². The molecular formula is C13H19N. The second kappa shape index (κ2) is 4.61. The Hall–Kier alpha value is -0.820. The van der Waals surface area contributed by atoms with Crippen LogP contribution in [0.1, 0.15) is 31.7 Å². The van der Waals surface area contributed by atoms with Crippen LogP contribution in [0.4, 0.5) is 0 Å². The summed E-state index contributed by atoms with van der Waals surface area (Å²) in [7, 11) is 0. The van der Waals surface area contributed by atoms with Gasteiger partial charge < -0.3 is 5.32 Å². The first kappa shape index (κ1) is 9.72. The molecule has 1 nitrogen and oxygen atoms in total. The van der Waals surface area contributed by atoms with Gasteiger partial charge in [0.2, 0.25) is 0 Å². The molecule has 1 heteroatoms. The lowest BCUT2D eigenvalue weighted by molar-refractivity contribution is 0.333. The van der Waals surface area contributed by atoms with Crippen LogP contribution in [-0.2, 0) is 6.42 Å². The van der Waals surface area contributed by atoms with Crippen LogP contribution >= 0.6 is 0 Å². The highest BCUT2D eigenvalue weighted by atomic mass is 15.0. The summed E-state index contributed by atoms with van der Waals surface area (Å²) in [6.45, 7) is 2.29. The number of piperidine rings is 1. The van der Waals surface area contributed by atoms with Crippen LogP contribution in [0.25, 0.3) is 0 Å². The highest BCUT2D eigenvalue weighted by molar-refractivity contribution is 5.16. The average molecular weight is 189 g/mol. The fraction of sp³-hybridized carbons (Fsp3) is 0.538. The molecule has 0 aromatic heterocycles. The van der Waals surface area contributed by atoms with Gasteiger partial charge in [0.15, 0.2) is 0 Å². The normalized spacial score (nSPS) is 27.5. The standard InChI is InChI=1S/C13H19N/c1-11-6-5-9-13(14-11)10-12-7-3-2-4-8-12/h2-4,7-8,11,13-14H,5-6,9-10H2,1H3/t11-,13-/m1/s1. The van der Waals surface area contributed by atoms with Crippen molar-refractivity contribution in [3.63, 3.8) is 0 Å². The largest absolute Gasteiger partial charge is 0.311 e. The zero-order chi connectivity index (χ0) is 9.80. The molecule has 1 heterocycles. The van der Waals surface area contributed by atoms with Crippen molar-refractivity contribution in [1.82, 2.24) is 5.32 Å². The highest BCUT2D eigenvalue weighted by Crippen LogP contribution is 2.15. The van der Waals surface area contributed by atoms with E-state index in [-0.39, 0.29) is 0 Å². The first-order valence-corrected chi connectivity index (χ1v) is 5.64. The van der Waals surface area contributed by atoms with E-state index in [0.29, 0.717) is 12.1 Å². The third kappa shape index (κ3) is 2.58. The van der Waals surface area contributed by atoms with Gasteiger partial charge in [-0.15, -0.1) is 0 Å². The number of benzene rings is 1. The second-order valence-electron chi connectivity index (χ2n) is 4.39. The molecule has 0 unspecified atom stereocenters. The zero-order valence-corrected chi connectivity index (χ0v) is 8.87. The van der Waals surface area contributed by atoms with Gasteiger partial charge in [0, 0.05) is 12.1 Å². The van der Waals surface area contributed by atoms with Crippen LogP contribution in [0.2, 0.25) is 0 Å². The predicted octanol–water partition coefficient (Wildman–Crippen LogP) is 2.76. The molecule has 0 saturated carbocycles. The molecule has 0 bridgehead atoms. The summed E-state index contributed by atoms with van der Waals surface area (Å²) in [5.74, 6) is 0. The molecule has 0 amide bonds. The first-order chi connectivity index (χ1) is 6.84. The zero-order valence-electron chi connectivity index (χ0n) is 8.87. The van der Waals surface area contributed by atoms with Crippen LogP contribution in [0.3, 0.4) is 0 Å². The molecule has 0 radical (unpaired) electrons. The van der Waals surface area contributed by atoms with Gasteiger partial charge in [-0.3, -0.25) is 0 Å². The van der Waals surface area contributed by atoms with Crippen LogP contribution in [0.15, 0.2) is 30.3 Å². The first-order valence-electron chi connectivity index (χ1n) is 5.64. The van der Waals surface area contributed by atoms with Crippen molar-refractivity contribution in [2.75, 3.05) is 0 Å². The van der Waals surface area contributed by atoms with E-state index in [2.05, 4.69) is 42.6 Å². The van der Waals surface area contributed by atoms with E-state index in [1.54, 1.807) is 0 Å². The van der Waals surface area contributed by atoms with Gasteiger partial charge in [-0.1, -0.05) is 36.8 Å². The van der Waals surface area contributed by atoms with Gasteiger partial charge in [-0.05, 0) is 31.7 Å². The van der Waals surface area contributed by atoms with Gasteiger partial charge in [-0.2, -0.15) is 0 Å². The van der Waals surface area contributed by atoms with Crippen molar-refractivity contribution in [1.29, 1.82) is 0 Å². The van der Waals surface area contributed by atoms with E-state index in [9.17, 15) is 0 Å². The summed E-state index contributed by atoms with van der Waals surface area (Å²) in [6.07, 6.45) is 5.24. The Bertz CT molecular complexity index is 268. The molecular weight excluding hydrogens is 170 g/mol. The van der Waals surface area contributed by atoms with E-state index in [1.165, 1.54) is 31.2 Å². The summed E-state index contributed by atoms with van der Waals surface area (Å²) < 4.78 is 0. The molecule has 2 atom stereocenters. The monoisotopic (exact) mass is 189 g/mol. The molecule has 0 aliphatic carbocycles. The van der Waals surface area contributed by atoms with Crippen LogP contribution < -0.4 is 5.32 Å². The summed E-state index contributed by atoms with van der Waals surface area (Å²) >= 11 is 0. The Balaban J connectivity index is 1.91. The number of nitrogens with one attached hydrogen (secondary N) is 1. The fourth-order valence-electron chi connectivity index (χ4n) is 2.30. The second-order valence-corrected chi connectivity index (χ2v) is 4.39. The van der Waals surface area contributed by atoms with Crippen molar-refractivity contribution >= 4 is 0 Å². The summed E-state index contributed by atoms with van der Waals surface area (Å²) in [6, 6.07) is 12.2. The Morgan fingerprint density at radius 1 is 1.21 bits per heavy atom. The SMILES string of the molecule is C[C@@H]1CCC[C@H](Cc2ccccc2)N1. The lowest BCUT2D eigenvalue weighted by Gasteiger charge is -2.28. The minimum absolute atomic E-state index is 0.696. The molecule has 1 aromatic carbocycles. The third-order valence-corrected chi connectivity index (χ3v) is 3.03. The maximum Gasteiger partial charge on any atom is 0.0110 e. The van der Waals surface area contributed by atoms with Crippen LogP contribution in [-0.4, -0.2) is 12.1 Å². The predicted molar refractivity (Wildman–Crippen MR) is 60.4 cm³/mol. The lowest BCUT2D eigenvalue weighted by atomic mass is 9.94.